The minimum absolute atomic E-state index is 0.0840. The summed E-state index contributed by atoms with van der Waals surface area (Å²) in [4.78, 5) is 45.5. The lowest BCUT2D eigenvalue weighted by atomic mass is 10.0. The van der Waals surface area contributed by atoms with Gasteiger partial charge in [-0.25, -0.2) is 29.1 Å². The number of anilines is 4. The van der Waals surface area contributed by atoms with Crippen molar-refractivity contribution in [3.8, 4) is 22.5 Å². The van der Waals surface area contributed by atoms with Crippen molar-refractivity contribution in [2.75, 3.05) is 53.8 Å². The Morgan fingerprint density at radius 2 is 1.52 bits per heavy atom. The van der Waals surface area contributed by atoms with Crippen LogP contribution in [0.4, 0.5) is 32.1 Å². The summed E-state index contributed by atoms with van der Waals surface area (Å²) >= 11 is 0. The number of benzene rings is 3. The van der Waals surface area contributed by atoms with Gasteiger partial charge < -0.3 is 25.2 Å². The summed E-state index contributed by atoms with van der Waals surface area (Å²) in [7, 11) is 1.69. The first-order valence-electron chi connectivity index (χ1n) is 14.0. The third-order valence-electron chi connectivity index (χ3n) is 7.33. The minimum Gasteiger partial charge on any atom is -0.378 e. The standard InChI is InChI=1S/C32H29FN8O3/c1-20(42)40(2)25-9-7-24(8-10-25)37-32(43)36-23-5-3-21(4-6-23)30-38-29-16-26(22-17-34-19-35-18-22)28(33)15-27(29)31(39-30)41-11-13-44-14-12-41/h3-10,15-19H,11-14H2,1-2H3,(H2,36,37,43). The molecular formula is C32H29FN8O3. The maximum atomic E-state index is 15.3. The van der Waals surface area contributed by atoms with E-state index >= 15 is 4.39 Å². The lowest BCUT2D eigenvalue weighted by molar-refractivity contribution is -0.116. The topological polar surface area (TPSA) is 125 Å². The van der Waals surface area contributed by atoms with Crippen LogP contribution in [0.15, 0.2) is 79.4 Å². The summed E-state index contributed by atoms with van der Waals surface area (Å²) < 4.78 is 20.9. The molecule has 0 spiro atoms. The third kappa shape index (κ3) is 6.15. The fraction of sp³-hybridized carbons (Fsp3) is 0.188. The number of carbonyl (C=O) groups is 2. The molecule has 3 heterocycles. The molecule has 11 nitrogen and oxygen atoms in total. The summed E-state index contributed by atoms with van der Waals surface area (Å²) in [6.07, 6.45) is 4.52. The van der Waals surface area contributed by atoms with Crippen molar-refractivity contribution >= 4 is 45.7 Å². The van der Waals surface area contributed by atoms with Crippen molar-refractivity contribution in [3.63, 3.8) is 0 Å². The van der Waals surface area contributed by atoms with Crippen molar-refractivity contribution in [2.45, 2.75) is 6.92 Å². The summed E-state index contributed by atoms with van der Waals surface area (Å²) in [6.45, 7) is 3.82. The lowest BCUT2D eigenvalue weighted by Gasteiger charge is -2.29. The molecular weight excluding hydrogens is 563 g/mol. The summed E-state index contributed by atoms with van der Waals surface area (Å²) in [5.74, 6) is 0.600. The van der Waals surface area contributed by atoms with Gasteiger partial charge in [0.1, 0.15) is 18.0 Å². The van der Waals surface area contributed by atoms with E-state index in [0.717, 1.165) is 11.3 Å². The highest BCUT2D eigenvalue weighted by Crippen LogP contribution is 2.33. The largest absolute Gasteiger partial charge is 0.378 e. The number of morpholine rings is 1. The van der Waals surface area contributed by atoms with Gasteiger partial charge in [-0.05, 0) is 60.7 Å². The van der Waals surface area contributed by atoms with Crippen molar-refractivity contribution in [1.29, 1.82) is 0 Å². The van der Waals surface area contributed by atoms with E-state index in [1.807, 2.05) is 12.1 Å². The Kier molecular flexibility index (Phi) is 8.06. The minimum atomic E-state index is -0.415. The number of nitrogens with one attached hydrogen (secondary N) is 2. The number of hydrogen-bond acceptors (Lipinski definition) is 8. The van der Waals surface area contributed by atoms with Crippen LogP contribution in [0.25, 0.3) is 33.4 Å². The molecule has 1 aliphatic rings. The third-order valence-corrected chi connectivity index (χ3v) is 7.33. The molecule has 6 rings (SSSR count). The number of amides is 3. The normalized spacial score (nSPS) is 13.0. The Morgan fingerprint density at radius 1 is 0.886 bits per heavy atom. The van der Waals surface area contributed by atoms with E-state index in [1.54, 1.807) is 61.9 Å². The van der Waals surface area contributed by atoms with Crippen molar-refractivity contribution in [3.05, 3.63) is 85.2 Å². The summed E-state index contributed by atoms with van der Waals surface area (Å²) in [5, 5.41) is 6.21. The van der Waals surface area contributed by atoms with Crippen LogP contribution in [0.1, 0.15) is 6.92 Å². The van der Waals surface area contributed by atoms with E-state index in [0.29, 0.717) is 71.4 Å². The second-order valence-electron chi connectivity index (χ2n) is 10.2. The van der Waals surface area contributed by atoms with Gasteiger partial charge in [-0.15, -0.1) is 0 Å². The smallest absolute Gasteiger partial charge is 0.323 e. The van der Waals surface area contributed by atoms with Crippen LogP contribution in [-0.2, 0) is 9.53 Å². The molecule has 0 aliphatic carbocycles. The van der Waals surface area contributed by atoms with Gasteiger partial charge in [0.15, 0.2) is 5.82 Å². The monoisotopic (exact) mass is 592 g/mol. The Morgan fingerprint density at radius 3 is 2.16 bits per heavy atom. The van der Waals surface area contributed by atoms with Gasteiger partial charge in [0.25, 0.3) is 0 Å². The number of halogens is 1. The Bertz CT molecular complexity index is 1810. The molecule has 0 atom stereocenters. The number of carbonyl (C=O) groups excluding carboxylic acids is 2. The molecule has 44 heavy (non-hydrogen) atoms. The first kappa shape index (κ1) is 28.6. The molecule has 1 aliphatic heterocycles. The lowest BCUT2D eigenvalue weighted by Crippen LogP contribution is -2.37. The number of fused-ring (bicyclic) bond motifs is 1. The fourth-order valence-electron chi connectivity index (χ4n) is 4.88. The second-order valence-corrected chi connectivity index (χ2v) is 10.2. The van der Waals surface area contributed by atoms with Crippen LogP contribution >= 0.6 is 0 Å². The van der Waals surface area contributed by atoms with Crippen LogP contribution in [-0.4, -0.2) is 65.2 Å². The van der Waals surface area contributed by atoms with E-state index in [1.165, 1.54) is 24.2 Å². The van der Waals surface area contributed by atoms with Crippen LogP contribution in [0, 0.1) is 5.82 Å². The van der Waals surface area contributed by atoms with Gasteiger partial charge in [-0.1, -0.05) is 0 Å². The molecule has 3 aromatic carbocycles. The maximum Gasteiger partial charge on any atom is 0.323 e. The Labute approximate surface area is 252 Å². The highest BCUT2D eigenvalue weighted by atomic mass is 19.1. The predicted molar refractivity (Wildman–Crippen MR) is 167 cm³/mol. The SMILES string of the molecule is CC(=O)N(C)c1ccc(NC(=O)Nc2ccc(-c3nc(N4CCOCC4)c4cc(F)c(-c5cncnc5)cc4n3)cc2)cc1. The number of hydrogen-bond donors (Lipinski definition) is 2. The zero-order valence-corrected chi connectivity index (χ0v) is 24.1. The fourth-order valence-corrected chi connectivity index (χ4v) is 4.88. The molecule has 0 radical (unpaired) electrons. The van der Waals surface area contributed by atoms with Gasteiger partial charge in [0, 0.05) is 78.6 Å². The molecule has 0 saturated carbocycles. The van der Waals surface area contributed by atoms with E-state index < -0.39 is 11.8 Å². The molecule has 0 bridgehead atoms. The quantitative estimate of drug-likeness (QED) is 0.270. The van der Waals surface area contributed by atoms with Gasteiger partial charge >= 0.3 is 6.03 Å². The molecule has 12 heteroatoms. The van der Waals surface area contributed by atoms with E-state index in [-0.39, 0.29) is 5.91 Å². The first-order valence-corrected chi connectivity index (χ1v) is 14.0. The number of nitrogens with zero attached hydrogens (tertiary/aromatic N) is 6. The summed E-state index contributed by atoms with van der Waals surface area (Å²) in [6, 6.07) is 16.9. The molecule has 222 valence electrons. The molecule has 2 aromatic heterocycles. The van der Waals surface area contributed by atoms with Crippen LogP contribution < -0.4 is 20.4 Å². The van der Waals surface area contributed by atoms with E-state index in [4.69, 9.17) is 14.7 Å². The number of ether oxygens (including phenoxy) is 1. The zero-order valence-electron chi connectivity index (χ0n) is 24.1. The number of aromatic nitrogens is 4. The highest BCUT2D eigenvalue weighted by molar-refractivity contribution is 6.00. The maximum absolute atomic E-state index is 15.3. The predicted octanol–water partition coefficient (Wildman–Crippen LogP) is 5.36. The van der Waals surface area contributed by atoms with Crippen molar-refractivity contribution in [1.82, 2.24) is 19.9 Å². The number of urea groups is 1. The van der Waals surface area contributed by atoms with E-state index in [9.17, 15) is 9.59 Å². The first-order chi connectivity index (χ1) is 21.4. The molecule has 0 unspecified atom stereocenters. The molecule has 2 N–H and O–H groups in total. The van der Waals surface area contributed by atoms with Crippen LogP contribution in [0.5, 0.6) is 0 Å². The zero-order chi connectivity index (χ0) is 30.6. The molecule has 5 aromatic rings. The molecule has 1 saturated heterocycles. The van der Waals surface area contributed by atoms with Crippen molar-refractivity contribution < 1.29 is 18.7 Å². The number of rotatable bonds is 6. The average Bonchev–Trinajstić information content (AvgIpc) is 3.05. The second kappa shape index (κ2) is 12.4. The van der Waals surface area contributed by atoms with Crippen LogP contribution in [0.3, 0.4) is 0 Å². The highest BCUT2D eigenvalue weighted by Gasteiger charge is 2.20. The van der Waals surface area contributed by atoms with Crippen LogP contribution in [0.2, 0.25) is 0 Å². The molecule has 1 fully saturated rings. The molecule has 3 amide bonds. The van der Waals surface area contributed by atoms with Gasteiger partial charge in [-0.3, -0.25) is 4.79 Å². The Balaban J connectivity index is 1.25. The van der Waals surface area contributed by atoms with E-state index in [2.05, 4.69) is 25.5 Å². The Hall–Kier alpha value is -5.49. The average molecular weight is 593 g/mol. The van der Waals surface area contributed by atoms with Gasteiger partial charge in [-0.2, -0.15) is 0 Å². The van der Waals surface area contributed by atoms with Gasteiger partial charge in [0.2, 0.25) is 5.91 Å². The summed E-state index contributed by atoms with van der Waals surface area (Å²) in [5.41, 5.74) is 4.09. The van der Waals surface area contributed by atoms with Gasteiger partial charge in [0.05, 0.1) is 18.7 Å². The van der Waals surface area contributed by atoms with Crippen molar-refractivity contribution in [2.24, 2.45) is 0 Å².